The molecule has 2 N–H and O–H groups in total. The van der Waals surface area contributed by atoms with Crippen LogP contribution < -0.4 is 14.8 Å². The largest absolute Gasteiger partial charge is 0.497 e. The number of hydrogen-bond acceptors (Lipinski definition) is 3. The molecule has 0 aliphatic rings. The third-order valence-electron chi connectivity index (χ3n) is 4.62. The summed E-state index contributed by atoms with van der Waals surface area (Å²) in [5, 5.41) is 4.59. The molecule has 0 saturated heterocycles. The summed E-state index contributed by atoms with van der Waals surface area (Å²) < 4.78 is 11.2. The molecular formula is C22H20N2O3. The molecule has 0 aliphatic heterocycles. The van der Waals surface area contributed by atoms with E-state index < -0.39 is 0 Å². The average molecular weight is 360 g/mol. The van der Waals surface area contributed by atoms with Crippen molar-refractivity contribution < 1.29 is 14.3 Å². The number of hydrogen-bond donors (Lipinski definition) is 2. The van der Waals surface area contributed by atoms with Gasteiger partial charge in [0.25, 0.3) is 0 Å². The number of aromatic amines is 1. The van der Waals surface area contributed by atoms with Gasteiger partial charge in [0.2, 0.25) is 6.41 Å². The molecular weight excluding hydrogens is 340 g/mol. The highest BCUT2D eigenvalue weighted by atomic mass is 16.5. The minimum absolute atomic E-state index is 0.0994. The van der Waals surface area contributed by atoms with E-state index in [1.807, 2.05) is 18.2 Å². The molecule has 27 heavy (non-hydrogen) atoms. The topological polar surface area (TPSA) is 63.4 Å². The molecule has 5 nitrogen and oxygen atoms in total. The van der Waals surface area contributed by atoms with Crippen molar-refractivity contribution >= 4 is 28.2 Å². The van der Waals surface area contributed by atoms with Crippen LogP contribution in [0.2, 0.25) is 0 Å². The second-order valence-corrected chi connectivity index (χ2v) is 6.29. The molecule has 0 unspecified atom stereocenters. The molecule has 4 aromatic rings. The Kier molecular flexibility index (Phi) is 4.66. The summed E-state index contributed by atoms with van der Waals surface area (Å²) in [5.41, 5.74) is 4.49. The number of carbonyl (C=O) groups is 1. The van der Waals surface area contributed by atoms with E-state index in [4.69, 9.17) is 9.47 Å². The number of benzene rings is 3. The number of para-hydroxylation sites is 1. The van der Waals surface area contributed by atoms with Gasteiger partial charge in [0.05, 0.1) is 18.1 Å². The van der Waals surface area contributed by atoms with Crippen LogP contribution in [-0.4, -0.2) is 25.2 Å². The Hall–Kier alpha value is -3.47. The van der Waals surface area contributed by atoms with Crippen LogP contribution >= 0.6 is 0 Å². The Morgan fingerprint density at radius 1 is 1.07 bits per heavy atom. The lowest BCUT2D eigenvalue weighted by molar-refractivity contribution is -0.110. The van der Waals surface area contributed by atoms with Crippen LogP contribution in [0.25, 0.3) is 21.8 Å². The summed E-state index contributed by atoms with van der Waals surface area (Å²) in [4.78, 5) is 14.1. The van der Waals surface area contributed by atoms with E-state index in [0.717, 1.165) is 28.2 Å². The molecule has 0 spiro atoms. The molecule has 3 aromatic carbocycles. The lowest BCUT2D eigenvalue weighted by atomic mass is 10.0. The molecule has 0 fully saturated rings. The molecule has 0 atom stereocenters. The smallest absolute Gasteiger partial charge is 0.209 e. The Morgan fingerprint density at radius 2 is 1.93 bits per heavy atom. The Balaban J connectivity index is 1.85. The van der Waals surface area contributed by atoms with E-state index in [1.54, 1.807) is 7.11 Å². The fourth-order valence-corrected chi connectivity index (χ4v) is 3.41. The molecule has 4 rings (SSSR count). The number of aromatic nitrogens is 1. The highest BCUT2D eigenvalue weighted by molar-refractivity contribution is 6.11. The summed E-state index contributed by atoms with van der Waals surface area (Å²) in [7, 11) is 1.62. The number of amides is 1. The number of methoxy groups -OCH3 is 1. The maximum absolute atomic E-state index is 10.5. The van der Waals surface area contributed by atoms with Gasteiger partial charge in [0.15, 0.2) is 6.73 Å². The van der Waals surface area contributed by atoms with Gasteiger partial charge < -0.3 is 19.8 Å². The number of fused-ring (bicyclic) bond motifs is 3. The summed E-state index contributed by atoms with van der Waals surface area (Å²) in [5.74, 6) is 1.36. The van der Waals surface area contributed by atoms with E-state index in [1.165, 1.54) is 11.1 Å². The van der Waals surface area contributed by atoms with Crippen molar-refractivity contribution in [3.63, 3.8) is 0 Å². The molecule has 1 aromatic heterocycles. The quantitative estimate of drug-likeness (QED) is 0.297. The zero-order valence-corrected chi connectivity index (χ0v) is 15.0. The molecule has 0 saturated carbocycles. The van der Waals surface area contributed by atoms with Gasteiger partial charge in [-0.1, -0.05) is 48.5 Å². The zero-order valence-electron chi connectivity index (χ0n) is 15.0. The SMILES string of the molecule is COc1cc(OCNC=O)c2c(c1)[nH]c1c(Cc3ccccc3)cccc12. The average Bonchev–Trinajstić information content (AvgIpc) is 3.08. The van der Waals surface area contributed by atoms with Crippen LogP contribution in [0, 0.1) is 0 Å². The predicted octanol–water partition coefficient (Wildman–Crippen LogP) is 4.00. The van der Waals surface area contributed by atoms with E-state index in [9.17, 15) is 4.79 Å². The number of ether oxygens (including phenoxy) is 2. The van der Waals surface area contributed by atoms with Gasteiger partial charge in [-0.15, -0.1) is 0 Å². The standard InChI is InChI=1S/C22H20N2O3/c1-26-17-11-19-21(20(12-17)27-14-23-13-25)18-9-5-8-16(22(18)24-19)10-15-6-3-2-4-7-15/h2-9,11-13,24H,10,14H2,1H3,(H,23,25). The first-order valence-electron chi connectivity index (χ1n) is 8.75. The zero-order chi connectivity index (χ0) is 18.6. The fraction of sp³-hybridized carbons (Fsp3) is 0.136. The summed E-state index contributed by atoms with van der Waals surface area (Å²) in [6, 6.07) is 20.5. The second kappa shape index (κ2) is 7.41. The van der Waals surface area contributed by atoms with Gasteiger partial charge in [0.1, 0.15) is 11.5 Å². The van der Waals surface area contributed by atoms with Crippen LogP contribution in [-0.2, 0) is 11.2 Å². The molecule has 136 valence electrons. The van der Waals surface area contributed by atoms with Gasteiger partial charge in [-0.05, 0) is 17.5 Å². The van der Waals surface area contributed by atoms with Crippen LogP contribution in [0.1, 0.15) is 11.1 Å². The maximum atomic E-state index is 10.5. The Bertz CT molecular complexity index is 1090. The Morgan fingerprint density at radius 3 is 2.70 bits per heavy atom. The predicted molar refractivity (Wildman–Crippen MR) is 106 cm³/mol. The number of rotatable bonds is 7. The van der Waals surface area contributed by atoms with Crippen LogP contribution in [0.3, 0.4) is 0 Å². The maximum Gasteiger partial charge on any atom is 0.209 e. The number of H-pyrrole nitrogens is 1. The number of nitrogens with one attached hydrogen (secondary N) is 2. The molecule has 0 radical (unpaired) electrons. The summed E-state index contributed by atoms with van der Waals surface area (Å²) in [6.45, 7) is 0.0994. The van der Waals surface area contributed by atoms with E-state index >= 15 is 0 Å². The highest BCUT2D eigenvalue weighted by Gasteiger charge is 2.14. The van der Waals surface area contributed by atoms with Crippen LogP contribution in [0.4, 0.5) is 0 Å². The van der Waals surface area contributed by atoms with Gasteiger partial charge in [-0.25, -0.2) is 0 Å². The van der Waals surface area contributed by atoms with Crippen LogP contribution in [0.15, 0.2) is 60.7 Å². The monoisotopic (exact) mass is 360 g/mol. The lowest BCUT2D eigenvalue weighted by Crippen LogP contribution is -2.17. The first-order chi connectivity index (χ1) is 13.3. The molecule has 0 bridgehead atoms. The molecule has 1 heterocycles. The van der Waals surface area contributed by atoms with E-state index in [-0.39, 0.29) is 6.73 Å². The van der Waals surface area contributed by atoms with Gasteiger partial charge >= 0.3 is 0 Å². The van der Waals surface area contributed by atoms with Crippen molar-refractivity contribution in [2.45, 2.75) is 6.42 Å². The van der Waals surface area contributed by atoms with E-state index in [2.05, 4.69) is 52.8 Å². The second-order valence-electron chi connectivity index (χ2n) is 6.29. The molecule has 0 aliphatic carbocycles. The third kappa shape index (κ3) is 3.31. The van der Waals surface area contributed by atoms with Gasteiger partial charge in [-0.2, -0.15) is 0 Å². The first-order valence-corrected chi connectivity index (χ1v) is 8.75. The highest BCUT2D eigenvalue weighted by Crippen LogP contribution is 2.38. The molecule has 5 heteroatoms. The van der Waals surface area contributed by atoms with Crippen molar-refractivity contribution in [1.29, 1.82) is 0 Å². The lowest BCUT2D eigenvalue weighted by Gasteiger charge is -2.09. The van der Waals surface area contributed by atoms with Gasteiger partial charge in [-0.3, -0.25) is 4.79 Å². The summed E-state index contributed by atoms with van der Waals surface area (Å²) >= 11 is 0. The summed E-state index contributed by atoms with van der Waals surface area (Å²) in [6.07, 6.45) is 1.45. The fourth-order valence-electron chi connectivity index (χ4n) is 3.41. The molecule has 1 amide bonds. The Labute approximate surface area is 156 Å². The minimum Gasteiger partial charge on any atom is -0.497 e. The van der Waals surface area contributed by atoms with E-state index in [0.29, 0.717) is 17.9 Å². The van der Waals surface area contributed by atoms with Crippen molar-refractivity contribution in [2.75, 3.05) is 13.8 Å². The number of carbonyl (C=O) groups excluding carboxylic acids is 1. The minimum atomic E-state index is 0.0994. The third-order valence-corrected chi connectivity index (χ3v) is 4.62. The van der Waals surface area contributed by atoms with Crippen LogP contribution in [0.5, 0.6) is 11.5 Å². The van der Waals surface area contributed by atoms with Gasteiger partial charge in [0, 0.05) is 22.9 Å². The van der Waals surface area contributed by atoms with Crippen molar-refractivity contribution in [3.05, 3.63) is 71.8 Å². The van der Waals surface area contributed by atoms with Crippen molar-refractivity contribution in [1.82, 2.24) is 10.3 Å². The normalized spacial score (nSPS) is 10.9. The first kappa shape index (κ1) is 17.0. The van der Waals surface area contributed by atoms with Crippen molar-refractivity contribution in [2.24, 2.45) is 0 Å². The van der Waals surface area contributed by atoms with Crippen molar-refractivity contribution in [3.8, 4) is 11.5 Å².